The fourth-order valence-electron chi connectivity index (χ4n) is 1.44. The summed E-state index contributed by atoms with van der Waals surface area (Å²) in [4.78, 5) is 24.0. The van der Waals surface area contributed by atoms with E-state index in [1.54, 1.807) is 14.0 Å². The van der Waals surface area contributed by atoms with Crippen molar-refractivity contribution in [2.75, 3.05) is 13.1 Å². The van der Waals surface area contributed by atoms with Crippen LogP contribution >= 0.6 is 0 Å². The zero-order chi connectivity index (χ0) is 13.0. The van der Waals surface area contributed by atoms with E-state index in [4.69, 9.17) is 5.11 Å². The van der Waals surface area contributed by atoms with Crippen molar-refractivity contribution in [3.05, 3.63) is 11.4 Å². The van der Waals surface area contributed by atoms with Crippen LogP contribution in [0.2, 0.25) is 0 Å². The molecule has 0 fully saturated rings. The van der Waals surface area contributed by atoms with Crippen molar-refractivity contribution in [3.8, 4) is 0 Å². The summed E-state index contributed by atoms with van der Waals surface area (Å²) in [6, 6.07) is 0. The summed E-state index contributed by atoms with van der Waals surface area (Å²) in [5.74, 6) is -1.42. The van der Waals surface area contributed by atoms with Gasteiger partial charge >= 0.3 is 5.97 Å². The van der Waals surface area contributed by atoms with Crippen LogP contribution in [0.25, 0.3) is 0 Å². The standard InChI is InChI=1S/C10H16N4O3/c1-4-5-14(6-8(15)16)10(17)9-7(2)13(3)12-11-9/h4-6H2,1-3H3,(H,15,16). The smallest absolute Gasteiger partial charge is 0.323 e. The molecule has 0 saturated heterocycles. The van der Waals surface area contributed by atoms with Gasteiger partial charge < -0.3 is 10.0 Å². The van der Waals surface area contributed by atoms with Gasteiger partial charge in [-0.3, -0.25) is 14.3 Å². The number of carboxylic acids is 1. The highest BCUT2D eigenvalue weighted by molar-refractivity contribution is 5.94. The molecule has 0 aliphatic rings. The molecule has 0 aliphatic heterocycles. The van der Waals surface area contributed by atoms with E-state index in [9.17, 15) is 9.59 Å². The molecular weight excluding hydrogens is 224 g/mol. The van der Waals surface area contributed by atoms with Crippen molar-refractivity contribution in [3.63, 3.8) is 0 Å². The van der Waals surface area contributed by atoms with Gasteiger partial charge in [0.05, 0.1) is 5.69 Å². The van der Waals surface area contributed by atoms with E-state index >= 15 is 0 Å². The van der Waals surface area contributed by atoms with Gasteiger partial charge in [-0.05, 0) is 13.3 Å². The molecule has 94 valence electrons. The van der Waals surface area contributed by atoms with Crippen molar-refractivity contribution in [2.45, 2.75) is 20.3 Å². The molecule has 17 heavy (non-hydrogen) atoms. The van der Waals surface area contributed by atoms with Crippen LogP contribution in [0.5, 0.6) is 0 Å². The maximum absolute atomic E-state index is 12.1. The number of nitrogens with zero attached hydrogens (tertiary/aromatic N) is 4. The number of aliphatic carboxylic acids is 1. The molecule has 0 atom stereocenters. The Kier molecular flexibility index (Phi) is 4.19. The number of hydrogen-bond acceptors (Lipinski definition) is 4. The van der Waals surface area contributed by atoms with Crippen LogP contribution in [-0.2, 0) is 11.8 Å². The zero-order valence-corrected chi connectivity index (χ0v) is 10.2. The minimum absolute atomic E-state index is 0.210. The number of rotatable bonds is 5. The van der Waals surface area contributed by atoms with Crippen LogP contribution in [0.1, 0.15) is 29.5 Å². The Morgan fingerprint density at radius 1 is 1.47 bits per heavy atom. The number of carbonyl (C=O) groups excluding carboxylic acids is 1. The Morgan fingerprint density at radius 3 is 2.53 bits per heavy atom. The maximum atomic E-state index is 12.1. The van der Waals surface area contributed by atoms with E-state index in [1.807, 2.05) is 6.92 Å². The monoisotopic (exact) mass is 240 g/mol. The van der Waals surface area contributed by atoms with E-state index in [2.05, 4.69) is 10.3 Å². The van der Waals surface area contributed by atoms with Crippen molar-refractivity contribution in [1.29, 1.82) is 0 Å². The highest BCUT2D eigenvalue weighted by Crippen LogP contribution is 2.07. The summed E-state index contributed by atoms with van der Waals surface area (Å²) >= 11 is 0. The number of aryl methyl sites for hydroxylation is 1. The molecule has 1 aromatic heterocycles. The average molecular weight is 240 g/mol. The maximum Gasteiger partial charge on any atom is 0.323 e. The predicted octanol–water partition coefficient (Wildman–Crippen LogP) is 0.0603. The van der Waals surface area contributed by atoms with Gasteiger partial charge in [-0.25, -0.2) is 0 Å². The Hall–Kier alpha value is -1.92. The van der Waals surface area contributed by atoms with Crippen molar-refractivity contribution in [2.24, 2.45) is 7.05 Å². The number of hydrogen-bond donors (Lipinski definition) is 1. The van der Waals surface area contributed by atoms with Crippen LogP contribution in [0.4, 0.5) is 0 Å². The fraction of sp³-hybridized carbons (Fsp3) is 0.600. The second-order valence-electron chi connectivity index (χ2n) is 3.77. The first-order valence-corrected chi connectivity index (χ1v) is 5.34. The summed E-state index contributed by atoms with van der Waals surface area (Å²) in [6.45, 7) is 3.67. The lowest BCUT2D eigenvalue weighted by Gasteiger charge is -2.18. The fourth-order valence-corrected chi connectivity index (χ4v) is 1.44. The molecule has 0 unspecified atom stereocenters. The molecule has 0 radical (unpaired) electrons. The Balaban J connectivity index is 2.91. The molecule has 1 heterocycles. The minimum atomic E-state index is -1.03. The van der Waals surface area contributed by atoms with Gasteiger partial charge in [-0.1, -0.05) is 12.1 Å². The molecule has 7 heteroatoms. The number of aromatic nitrogens is 3. The van der Waals surface area contributed by atoms with E-state index < -0.39 is 5.97 Å². The van der Waals surface area contributed by atoms with Gasteiger partial charge in [0.2, 0.25) is 0 Å². The molecule has 7 nitrogen and oxygen atoms in total. The third kappa shape index (κ3) is 3.02. The summed E-state index contributed by atoms with van der Waals surface area (Å²) < 4.78 is 1.48. The van der Waals surface area contributed by atoms with E-state index in [0.717, 1.165) is 0 Å². The first-order chi connectivity index (χ1) is 7.97. The van der Waals surface area contributed by atoms with Crippen LogP contribution < -0.4 is 0 Å². The summed E-state index contributed by atoms with van der Waals surface area (Å²) in [5, 5.41) is 16.2. The summed E-state index contributed by atoms with van der Waals surface area (Å²) in [7, 11) is 1.68. The number of carbonyl (C=O) groups is 2. The lowest BCUT2D eigenvalue weighted by atomic mass is 10.3. The minimum Gasteiger partial charge on any atom is -0.480 e. The number of carboxylic acid groups (broad SMARTS) is 1. The SMILES string of the molecule is CCCN(CC(=O)O)C(=O)c1nnn(C)c1C. The predicted molar refractivity (Wildman–Crippen MR) is 59.6 cm³/mol. The normalized spacial score (nSPS) is 10.3. The number of amides is 1. The van der Waals surface area contributed by atoms with Gasteiger partial charge in [0.15, 0.2) is 5.69 Å². The molecule has 0 saturated carbocycles. The molecule has 0 spiro atoms. The van der Waals surface area contributed by atoms with E-state index in [1.165, 1.54) is 9.58 Å². The highest BCUT2D eigenvalue weighted by Gasteiger charge is 2.22. The van der Waals surface area contributed by atoms with Crippen molar-refractivity contribution < 1.29 is 14.7 Å². The molecule has 0 bridgehead atoms. The highest BCUT2D eigenvalue weighted by atomic mass is 16.4. The van der Waals surface area contributed by atoms with Crippen LogP contribution in [0, 0.1) is 6.92 Å². The first kappa shape index (κ1) is 13.1. The topological polar surface area (TPSA) is 88.3 Å². The van der Waals surface area contributed by atoms with E-state index in [0.29, 0.717) is 18.7 Å². The largest absolute Gasteiger partial charge is 0.480 e. The van der Waals surface area contributed by atoms with Crippen molar-refractivity contribution >= 4 is 11.9 Å². The summed E-state index contributed by atoms with van der Waals surface area (Å²) in [5.41, 5.74) is 0.837. The van der Waals surface area contributed by atoms with Gasteiger partial charge in [-0.15, -0.1) is 5.10 Å². The lowest BCUT2D eigenvalue weighted by Crippen LogP contribution is -2.36. The van der Waals surface area contributed by atoms with Gasteiger partial charge in [0, 0.05) is 13.6 Å². The average Bonchev–Trinajstić information content (AvgIpc) is 2.58. The zero-order valence-electron chi connectivity index (χ0n) is 10.2. The van der Waals surface area contributed by atoms with E-state index in [-0.39, 0.29) is 18.1 Å². The summed E-state index contributed by atoms with van der Waals surface area (Å²) in [6.07, 6.45) is 0.693. The van der Waals surface area contributed by atoms with Crippen molar-refractivity contribution in [1.82, 2.24) is 19.9 Å². The third-order valence-electron chi connectivity index (χ3n) is 2.42. The molecule has 1 aromatic rings. The molecular formula is C10H16N4O3. The Labute approximate surface area is 99.0 Å². The molecule has 1 amide bonds. The van der Waals surface area contributed by atoms with Gasteiger partial charge in [-0.2, -0.15) is 0 Å². The first-order valence-electron chi connectivity index (χ1n) is 5.34. The second-order valence-corrected chi connectivity index (χ2v) is 3.77. The van der Waals surface area contributed by atoms with Crippen LogP contribution in [-0.4, -0.2) is 50.0 Å². The molecule has 0 aromatic carbocycles. The molecule has 1 N–H and O–H groups in total. The molecule has 1 rings (SSSR count). The lowest BCUT2D eigenvalue weighted by molar-refractivity contribution is -0.137. The Morgan fingerprint density at radius 2 is 2.12 bits per heavy atom. The molecule has 0 aliphatic carbocycles. The Bertz CT molecular complexity index is 427. The quantitative estimate of drug-likeness (QED) is 0.786. The van der Waals surface area contributed by atoms with Crippen LogP contribution in [0.15, 0.2) is 0 Å². The third-order valence-corrected chi connectivity index (χ3v) is 2.42. The van der Waals surface area contributed by atoms with Gasteiger partial charge in [0.1, 0.15) is 6.54 Å². The van der Waals surface area contributed by atoms with Gasteiger partial charge in [0.25, 0.3) is 5.91 Å². The second kappa shape index (κ2) is 5.42. The van der Waals surface area contributed by atoms with Crippen LogP contribution in [0.3, 0.4) is 0 Å².